The van der Waals surface area contributed by atoms with Gasteiger partial charge in [0.15, 0.2) is 11.5 Å². The zero-order chi connectivity index (χ0) is 11.1. The maximum absolute atomic E-state index is 6.17. The molecule has 0 unspecified atom stereocenters. The van der Waals surface area contributed by atoms with Crippen molar-refractivity contribution in [1.29, 1.82) is 0 Å². The fourth-order valence-electron chi connectivity index (χ4n) is 1.87. The van der Waals surface area contributed by atoms with Gasteiger partial charge in [0.2, 0.25) is 0 Å². The number of benzene rings is 1. The summed E-state index contributed by atoms with van der Waals surface area (Å²) in [4.78, 5) is 4.50. The van der Waals surface area contributed by atoms with Crippen LogP contribution in [0.25, 0.3) is 11.1 Å². The molecule has 0 saturated heterocycles. The molecular weight excluding hydrogens is 224 g/mol. The van der Waals surface area contributed by atoms with Crippen LogP contribution in [0.3, 0.4) is 0 Å². The number of hydrogen-bond acceptors (Lipinski definition) is 3. The molecule has 0 spiro atoms. The van der Waals surface area contributed by atoms with Gasteiger partial charge in [-0.1, -0.05) is 11.6 Å². The molecule has 1 saturated carbocycles. The lowest BCUT2D eigenvalue weighted by molar-refractivity contribution is 0.533. The zero-order valence-corrected chi connectivity index (χ0v) is 9.84. The molecule has 1 aromatic carbocycles. The summed E-state index contributed by atoms with van der Waals surface area (Å²) in [6, 6.07) is 3.97. The van der Waals surface area contributed by atoms with Gasteiger partial charge in [-0.05, 0) is 37.6 Å². The molecule has 1 heterocycles. The quantitative estimate of drug-likeness (QED) is 0.890. The molecule has 3 rings (SSSR count). The van der Waals surface area contributed by atoms with Crippen molar-refractivity contribution in [3.05, 3.63) is 28.6 Å². The van der Waals surface area contributed by atoms with E-state index in [0.29, 0.717) is 10.9 Å². The lowest BCUT2D eigenvalue weighted by Crippen LogP contribution is -2.04. The molecule has 4 heteroatoms. The number of rotatable bonds is 3. The van der Waals surface area contributed by atoms with E-state index in [1.165, 1.54) is 12.8 Å². The first-order valence-corrected chi connectivity index (χ1v) is 5.89. The lowest BCUT2D eigenvalue weighted by atomic mass is 10.2. The van der Waals surface area contributed by atoms with Gasteiger partial charge in [0.1, 0.15) is 5.52 Å². The molecule has 0 bridgehead atoms. The smallest absolute Gasteiger partial charge is 0.198 e. The fourth-order valence-corrected chi connectivity index (χ4v) is 2.15. The highest BCUT2D eigenvalue weighted by Crippen LogP contribution is 2.41. The number of hydrogen-bond donors (Lipinski definition) is 1. The third kappa shape index (κ3) is 1.70. The molecule has 2 aromatic rings. The Morgan fingerprint density at radius 1 is 1.50 bits per heavy atom. The Bertz CT molecular complexity index is 531. The number of halogens is 1. The monoisotopic (exact) mass is 236 g/mol. The van der Waals surface area contributed by atoms with E-state index < -0.39 is 0 Å². The van der Waals surface area contributed by atoms with Gasteiger partial charge < -0.3 is 9.73 Å². The van der Waals surface area contributed by atoms with Crippen molar-refractivity contribution in [3.8, 4) is 0 Å². The van der Waals surface area contributed by atoms with Crippen LogP contribution in [0, 0.1) is 0 Å². The first-order chi connectivity index (χ1) is 7.78. The van der Waals surface area contributed by atoms with Crippen LogP contribution in [0.4, 0.5) is 0 Å². The SMILES string of the molecule is CNCc1cc(Cl)c2oc(C3CC3)nc2c1. The summed E-state index contributed by atoms with van der Waals surface area (Å²) in [5.41, 5.74) is 2.73. The third-order valence-electron chi connectivity index (χ3n) is 2.83. The molecule has 0 amide bonds. The van der Waals surface area contributed by atoms with Crippen LogP contribution in [0.5, 0.6) is 0 Å². The third-order valence-corrected chi connectivity index (χ3v) is 3.11. The van der Waals surface area contributed by atoms with Crippen molar-refractivity contribution < 1.29 is 4.42 Å². The van der Waals surface area contributed by atoms with Crippen LogP contribution in [0.1, 0.15) is 30.2 Å². The molecule has 0 radical (unpaired) electrons. The summed E-state index contributed by atoms with van der Waals surface area (Å²) >= 11 is 6.17. The topological polar surface area (TPSA) is 38.1 Å². The predicted molar refractivity (Wildman–Crippen MR) is 63.8 cm³/mol. The Labute approximate surface area is 98.8 Å². The molecular formula is C12H13ClN2O. The molecule has 1 aromatic heterocycles. The van der Waals surface area contributed by atoms with Gasteiger partial charge >= 0.3 is 0 Å². The highest BCUT2D eigenvalue weighted by atomic mass is 35.5. The van der Waals surface area contributed by atoms with Crippen molar-refractivity contribution in [1.82, 2.24) is 10.3 Å². The Morgan fingerprint density at radius 3 is 3.00 bits per heavy atom. The van der Waals surface area contributed by atoms with Crippen LogP contribution in [0.2, 0.25) is 5.02 Å². The van der Waals surface area contributed by atoms with E-state index >= 15 is 0 Å². The lowest BCUT2D eigenvalue weighted by Gasteiger charge is -2.00. The Kier molecular flexibility index (Phi) is 2.37. The van der Waals surface area contributed by atoms with Crippen molar-refractivity contribution in [2.75, 3.05) is 7.05 Å². The van der Waals surface area contributed by atoms with Crippen LogP contribution < -0.4 is 5.32 Å². The van der Waals surface area contributed by atoms with Gasteiger partial charge in [-0.2, -0.15) is 0 Å². The van der Waals surface area contributed by atoms with Crippen molar-refractivity contribution in [2.24, 2.45) is 0 Å². The van der Waals surface area contributed by atoms with Crippen LogP contribution in [0.15, 0.2) is 16.5 Å². The molecule has 0 aliphatic heterocycles. The molecule has 0 atom stereocenters. The van der Waals surface area contributed by atoms with Gasteiger partial charge in [-0.3, -0.25) is 0 Å². The van der Waals surface area contributed by atoms with E-state index in [1.54, 1.807) is 0 Å². The highest BCUT2D eigenvalue weighted by Gasteiger charge is 2.29. The minimum absolute atomic E-state index is 0.524. The summed E-state index contributed by atoms with van der Waals surface area (Å²) in [7, 11) is 1.91. The van der Waals surface area contributed by atoms with Gasteiger partial charge in [0.25, 0.3) is 0 Å². The molecule has 1 aliphatic rings. The largest absolute Gasteiger partial charge is 0.439 e. The van der Waals surface area contributed by atoms with E-state index in [0.717, 1.165) is 29.1 Å². The first kappa shape index (κ1) is 10.1. The normalized spacial score (nSPS) is 15.9. The van der Waals surface area contributed by atoms with Crippen LogP contribution in [-0.4, -0.2) is 12.0 Å². The van der Waals surface area contributed by atoms with E-state index in [1.807, 2.05) is 19.2 Å². The van der Waals surface area contributed by atoms with Crippen molar-refractivity contribution in [3.63, 3.8) is 0 Å². The maximum Gasteiger partial charge on any atom is 0.198 e. The Balaban J connectivity index is 2.10. The van der Waals surface area contributed by atoms with E-state index in [4.69, 9.17) is 16.0 Å². The second-order valence-electron chi connectivity index (χ2n) is 4.28. The number of oxazole rings is 1. The first-order valence-electron chi connectivity index (χ1n) is 5.51. The van der Waals surface area contributed by atoms with Crippen LogP contribution in [-0.2, 0) is 6.54 Å². The van der Waals surface area contributed by atoms with Crippen molar-refractivity contribution in [2.45, 2.75) is 25.3 Å². The maximum atomic E-state index is 6.17. The van der Waals surface area contributed by atoms with E-state index in [9.17, 15) is 0 Å². The molecule has 1 fully saturated rings. The molecule has 84 valence electrons. The van der Waals surface area contributed by atoms with Gasteiger partial charge in [-0.15, -0.1) is 0 Å². The highest BCUT2D eigenvalue weighted by molar-refractivity contribution is 6.34. The summed E-state index contributed by atoms with van der Waals surface area (Å²) < 4.78 is 5.69. The summed E-state index contributed by atoms with van der Waals surface area (Å²) in [5, 5.41) is 3.76. The standard InChI is InChI=1S/C12H13ClN2O/c1-14-6-7-4-9(13)11-10(5-7)15-12(16-11)8-2-3-8/h4-5,8,14H,2-3,6H2,1H3. The average Bonchev–Trinajstić information content (AvgIpc) is 3.00. The second-order valence-corrected chi connectivity index (χ2v) is 4.69. The summed E-state index contributed by atoms with van der Waals surface area (Å²) in [5.74, 6) is 1.37. The van der Waals surface area contributed by atoms with E-state index in [-0.39, 0.29) is 0 Å². The number of nitrogens with one attached hydrogen (secondary N) is 1. The minimum Gasteiger partial charge on any atom is -0.439 e. The summed E-state index contributed by atoms with van der Waals surface area (Å²) in [6.07, 6.45) is 2.38. The Hall–Kier alpha value is -1.06. The van der Waals surface area contributed by atoms with Crippen molar-refractivity contribution >= 4 is 22.7 Å². The number of fused-ring (bicyclic) bond motifs is 1. The van der Waals surface area contributed by atoms with Gasteiger partial charge in [0.05, 0.1) is 5.02 Å². The van der Waals surface area contributed by atoms with E-state index in [2.05, 4.69) is 10.3 Å². The predicted octanol–water partition coefficient (Wildman–Crippen LogP) is 3.08. The minimum atomic E-state index is 0.524. The van der Waals surface area contributed by atoms with Gasteiger partial charge in [0, 0.05) is 12.5 Å². The van der Waals surface area contributed by atoms with Crippen LogP contribution >= 0.6 is 11.6 Å². The Morgan fingerprint density at radius 2 is 2.31 bits per heavy atom. The molecule has 1 aliphatic carbocycles. The second kappa shape index (κ2) is 3.75. The number of aromatic nitrogens is 1. The molecule has 16 heavy (non-hydrogen) atoms. The molecule has 3 nitrogen and oxygen atoms in total. The zero-order valence-electron chi connectivity index (χ0n) is 9.09. The fraction of sp³-hybridized carbons (Fsp3) is 0.417. The average molecular weight is 237 g/mol. The molecule has 1 N–H and O–H groups in total. The summed E-state index contributed by atoms with van der Waals surface area (Å²) in [6.45, 7) is 0.793. The number of nitrogens with zero attached hydrogens (tertiary/aromatic N) is 1. The van der Waals surface area contributed by atoms with Gasteiger partial charge in [-0.25, -0.2) is 4.98 Å².